The van der Waals surface area contributed by atoms with Crippen molar-refractivity contribution in [2.75, 3.05) is 31.1 Å². The van der Waals surface area contributed by atoms with Crippen LogP contribution in [0.15, 0.2) is 0 Å². The molecular weight excluding hydrogens is 238 g/mol. The first-order valence-electron chi connectivity index (χ1n) is 7.32. The third-order valence-corrected chi connectivity index (χ3v) is 5.41. The van der Waals surface area contributed by atoms with Gasteiger partial charge in [-0.2, -0.15) is 4.98 Å². The second kappa shape index (κ2) is 4.20. The Morgan fingerprint density at radius 1 is 1.11 bits per heavy atom. The number of hydrogen-bond acceptors (Lipinski definition) is 4. The Morgan fingerprint density at radius 2 is 1.84 bits per heavy atom. The van der Waals surface area contributed by atoms with E-state index < -0.39 is 0 Å². The summed E-state index contributed by atoms with van der Waals surface area (Å²) in [4.78, 5) is 7.04. The summed E-state index contributed by atoms with van der Waals surface area (Å²) in [5.41, 5.74) is 0.619. The van der Waals surface area contributed by atoms with Crippen LogP contribution in [-0.2, 0) is 0 Å². The molecule has 2 fully saturated rings. The average molecular weight is 263 g/mol. The Morgan fingerprint density at radius 3 is 2.53 bits per heavy atom. The summed E-state index contributed by atoms with van der Waals surface area (Å²) in [6, 6.07) is 0. The molecule has 2 N–H and O–H groups in total. The van der Waals surface area contributed by atoms with Crippen LogP contribution in [0.1, 0.15) is 45.9 Å². The van der Waals surface area contributed by atoms with Gasteiger partial charge in [0.25, 0.3) is 0 Å². The van der Waals surface area contributed by atoms with Crippen LogP contribution in [0.4, 0.5) is 5.95 Å². The zero-order chi connectivity index (χ0) is 13.7. The fraction of sp³-hybridized carbons (Fsp3) is 0.857. The van der Waals surface area contributed by atoms with E-state index in [0.29, 0.717) is 16.7 Å². The molecule has 0 amide bonds. The molecule has 0 spiro atoms. The van der Waals surface area contributed by atoms with Crippen LogP contribution < -0.4 is 10.2 Å². The third kappa shape index (κ3) is 1.95. The van der Waals surface area contributed by atoms with Crippen LogP contribution >= 0.6 is 0 Å². The van der Waals surface area contributed by atoms with Gasteiger partial charge >= 0.3 is 0 Å². The highest BCUT2D eigenvalue weighted by Crippen LogP contribution is 2.72. The lowest BCUT2D eigenvalue weighted by Crippen LogP contribution is -2.28. The molecule has 2 heterocycles. The van der Waals surface area contributed by atoms with E-state index in [1.165, 1.54) is 0 Å². The topological polar surface area (TPSA) is 56.8 Å². The van der Waals surface area contributed by atoms with Crippen LogP contribution in [0.5, 0.6) is 0 Å². The third-order valence-electron chi connectivity index (χ3n) is 5.41. The summed E-state index contributed by atoms with van der Waals surface area (Å²) in [6.07, 6.45) is 1.16. The highest BCUT2D eigenvalue weighted by Gasteiger charge is 2.66. The van der Waals surface area contributed by atoms with E-state index >= 15 is 0 Å². The van der Waals surface area contributed by atoms with Crippen LogP contribution in [0.3, 0.4) is 0 Å². The van der Waals surface area contributed by atoms with E-state index in [1.807, 2.05) is 0 Å². The van der Waals surface area contributed by atoms with Gasteiger partial charge in [0, 0.05) is 25.6 Å². The van der Waals surface area contributed by atoms with Crippen molar-refractivity contribution in [2.24, 2.45) is 10.8 Å². The molecule has 0 aromatic carbocycles. The molecule has 1 aliphatic heterocycles. The minimum absolute atomic E-state index is 0.310. The highest BCUT2D eigenvalue weighted by molar-refractivity contribution is 5.34. The zero-order valence-corrected chi connectivity index (χ0v) is 12.5. The second-order valence-electron chi connectivity index (χ2n) is 6.99. The Kier molecular flexibility index (Phi) is 2.85. The van der Waals surface area contributed by atoms with Gasteiger partial charge in [0.05, 0.1) is 0 Å². The van der Waals surface area contributed by atoms with Crippen molar-refractivity contribution < 1.29 is 0 Å². The molecule has 0 unspecified atom stereocenters. The van der Waals surface area contributed by atoms with Crippen molar-refractivity contribution in [3.8, 4) is 0 Å². The van der Waals surface area contributed by atoms with E-state index in [2.05, 4.69) is 48.1 Å². The Labute approximate surface area is 115 Å². The fourth-order valence-corrected chi connectivity index (χ4v) is 3.46. The van der Waals surface area contributed by atoms with Crippen molar-refractivity contribution in [3.05, 3.63) is 5.82 Å². The van der Waals surface area contributed by atoms with Gasteiger partial charge in [-0.15, -0.1) is 5.10 Å². The SMILES string of the molecule is CC1(C)C(c2nc(N3CCCNCC3)n[nH]2)C1(C)C. The molecule has 1 aromatic rings. The number of aromatic nitrogens is 3. The van der Waals surface area contributed by atoms with Gasteiger partial charge in [0.15, 0.2) is 0 Å². The number of nitrogens with zero attached hydrogens (tertiary/aromatic N) is 3. The van der Waals surface area contributed by atoms with Crippen molar-refractivity contribution in [3.63, 3.8) is 0 Å². The molecule has 1 saturated heterocycles. The fourth-order valence-electron chi connectivity index (χ4n) is 3.46. The number of aromatic amines is 1. The molecule has 5 heteroatoms. The van der Waals surface area contributed by atoms with Gasteiger partial charge in [-0.25, -0.2) is 0 Å². The maximum Gasteiger partial charge on any atom is 0.244 e. The molecule has 5 nitrogen and oxygen atoms in total. The second-order valence-corrected chi connectivity index (χ2v) is 6.99. The van der Waals surface area contributed by atoms with Crippen molar-refractivity contribution in [2.45, 2.75) is 40.0 Å². The number of H-pyrrole nitrogens is 1. The molecule has 1 saturated carbocycles. The summed E-state index contributed by atoms with van der Waals surface area (Å²) in [6.45, 7) is 13.4. The number of anilines is 1. The molecule has 0 radical (unpaired) electrons. The Hall–Kier alpha value is -1.10. The monoisotopic (exact) mass is 263 g/mol. The normalized spacial score (nSPS) is 26.2. The molecule has 1 aliphatic carbocycles. The summed E-state index contributed by atoms with van der Waals surface area (Å²) in [5, 5.41) is 11.0. The minimum atomic E-state index is 0.310. The van der Waals surface area contributed by atoms with Gasteiger partial charge in [0.2, 0.25) is 5.95 Å². The lowest BCUT2D eigenvalue weighted by molar-refractivity contribution is 0.457. The molecule has 0 atom stereocenters. The van der Waals surface area contributed by atoms with Crippen molar-refractivity contribution in [1.29, 1.82) is 0 Å². The Bertz CT molecular complexity index is 440. The van der Waals surface area contributed by atoms with Gasteiger partial charge < -0.3 is 10.2 Å². The molecule has 2 aliphatic rings. The standard InChI is InChI=1S/C14H25N5/c1-13(2)10(14(13,3)4)11-16-12(18-17-11)19-8-5-6-15-7-9-19/h10,15H,5-9H2,1-4H3,(H,16,17,18). The van der Waals surface area contributed by atoms with E-state index in [4.69, 9.17) is 4.98 Å². The van der Waals surface area contributed by atoms with Gasteiger partial charge in [-0.05, 0) is 23.8 Å². The van der Waals surface area contributed by atoms with E-state index in [9.17, 15) is 0 Å². The molecule has 19 heavy (non-hydrogen) atoms. The summed E-state index contributed by atoms with van der Waals surface area (Å²) in [7, 11) is 0. The average Bonchev–Trinajstić information content (AvgIpc) is 2.59. The van der Waals surface area contributed by atoms with Crippen LogP contribution in [-0.4, -0.2) is 41.4 Å². The smallest absolute Gasteiger partial charge is 0.244 e. The summed E-state index contributed by atoms with van der Waals surface area (Å²) in [5.74, 6) is 2.42. The quantitative estimate of drug-likeness (QED) is 0.853. The molecule has 106 valence electrons. The van der Waals surface area contributed by atoms with Gasteiger partial charge in [0.1, 0.15) is 5.82 Å². The molecule has 3 rings (SSSR count). The lowest BCUT2D eigenvalue weighted by atomic mass is 10.0. The largest absolute Gasteiger partial charge is 0.338 e. The van der Waals surface area contributed by atoms with Gasteiger partial charge in [-0.1, -0.05) is 27.7 Å². The molecule has 1 aromatic heterocycles. The number of nitrogens with one attached hydrogen (secondary N) is 2. The first-order chi connectivity index (χ1) is 8.94. The van der Waals surface area contributed by atoms with E-state index in [-0.39, 0.29) is 0 Å². The Balaban J connectivity index is 1.77. The maximum atomic E-state index is 4.76. The molecular formula is C14H25N5. The van der Waals surface area contributed by atoms with Crippen molar-refractivity contribution in [1.82, 2.24) is 20.5 Å². The number of rotatable bonds is 2. The predicted octanol–water partition coefficient (Wildman–Crippen LogP) is 1.75. The van der Waals surface area contributed by atoms with Crippen LogP contribution in [0.2, 0.25) is 0 Å². The van der Waals surface area contributed by atoms with E-state index in [0.717, 1.165) is 44.4 Å². The molecule has 0 bridgehead atoms. The van der Waals surface area contributed by atoms with E-state index in [1.54, 1.807) is 0 Å². The first kappa shape index (κ1) is 12.9. The minimum Gasteiger partial charge on any atom is -0.338 e. The lowest BCUT2D eigenvalue weighted by Gasteiger charge is -2.16. The summed E-state index contributed by atoms with van der Waals surface area (Å²) < 4.78 is 0. The summed E-state index contributed by atoms with van der Waals surface area (Å²) >= 11 is 0. The maximum absolute atomic E-state index is 4.76. The zero-order valence-electron chi connectivity index (χ0n) is 12.5. The van der Waals surface area contributed by atoms with Crippen LogP contribution in [0.25, 0.3) is 0 Å². The number of hydrogen-bond donors (Lipinski definition) is 2. The highest BCUT2D eigenvalue weighted by atomic mass is 15.4. The van der Waals surface area contributed by atoms with Crippen LogP contribution in [0, 0.1) is 10.8 Å². The van der Waals surface area contributed by atoms with Gasteiger partial charge in [-0.3, -0.25) is 5.10 Å². The predicted molar refractivity (Wildman–Crippen MR) is 76.4 cm³/mol. The van der Waals surface area contributed by atoms with Crippen molar-refractivity contribution >= 4 is 5.95 Å². The first-order valence-corrected chi connectivity index (χ1v) is 7.32.